The lowest BCUT2D eigenvalue weighted by atomic mass is 10.1. The Morgan fingerprint density at radius 1 is 1.35 bits per heavy atom. The van der Waals surface area contributed by atoms with Crippen molar-refractivity contribution in [1.29, 1.82) is 0 Å². The van der Waals surface area contributed by atoms with Gasteiger partial charge in [0.15, 0.2) is 5.69 Å². The third-order valence-corrected chi connectivity index (χ3v) is 3.96. The summed E-state index contributed by atoms with van der Waals surface area (Å²) in [5.41, 5.74) is 1.51. The third kappa shape index (κ3) is 5.04. The maximum absolute atomic E-state index is 12.0. The van der Waals surface area contributed by atoms with E-state index in [2.05, 4.69) is 20.9 Å². The lowest BCUT2D eigenvalue weighted by Crippen LogP contribution is -2.26. The molecule has 1 aromatic carbocycles. The number of rotatable bonds is 6. The number of carbonyl (C=O) groups is 1. The van der Waals surface area contributed by atoms with Gasteiger partial charge in [-0.15, -0.1) is 17.5 Å². The number of hydrogen-bond donors (Lipinski definition) is 2. The molecule has 0 saturated carbocycles. The van der Waals surface area contributed by atoms with Crippen LogP contribution in [0.3, 0.4) is 0 Å². The molecule has 3 rings (SSSR count). The second kappa shape index (κ2) is 8.64. The van der Waals surface area contributed by atoms with Crippen molar-refractivity contribution < 1.29 is 4.79 Å². The Morgan fingerprint density at radius 2 is 2.17 bits per heavy atom. The number of nitrogens with one attached hydrogen (secondary N) is 2. The Balaban J connectivity index is 0.00000192. The predicted octanol–water partition coefficient (Wildman–Crippen LogP) is 1.48. The van der Waals surface area contributed by atoms with E-state index in [1.165, 1.54) is 6.42 Å². The predicted molar refractivity (Wildman–Crippen MR) is 90.7 cm³/mol. The summed E-state index contributed by atoms with van der Waals surface area (Å²) in [6, 6.07) is 9.99. The van der Waals surface area contributed by atoms with Crippen LogP contribution in [0.15, 0.2) is 36.5 Å². The number of hydrogen-bond acceptors (Lipinski definition) is 4. The van der Waals surface area contributed by atoms with Gasteiger partial charge in [0.2, 0.25) is 0 Å². The second-order valence-corrected chi connectivity index (χ2v) is 5.69. The minimum atomic E-state index is -0.148. The molecule has 1 atom stereocenters. The molecule has 0 aliphatic carbocycles. The van der Waals surface area contributed by atoms with E-state index >= 15 is 0 Å². The largest absolute Gasteiger partial charge is 0.351 e. The summed E-state index contributed by atoms with van der Waals surface area (Å²) < 4.78 is 1.69. The Morgan fingerprint density at radius 3 is 2.91 bits per heavy atom. The Hall–Kier alpha value is -1.92. The molecule has 0 bridgehead atoms. The smallest absolute Gasteiger partial charge is 0.273 e. The number of benzene rings is 1. The first-order valence-electron chi connectivity index (χ1n) is 7.74. The van der Waals surface area contributed by atoms with Crippen LogP contribution in [0.2, 0.25) is 0 Å². The van der Waals surface area contributed by atoms with Crippen LogP contribution in [0.25, 0.3) is 0 Å². The molecule has 1 saturated heterocycles. The highest BCUT2D eigenvalue weighted by molar-refractivity contribution is 5.91. The van der Waals surface area contributed by atoms with Crippen LogP contribution in [0, 0.1) is 5.92 Å². The van der Waals surface area contributed by atoms with Crippen LogP contribution in [-0.2, 0) is 6.54 Å². The van der Waals surface area contributed by atoms with Gasteiger partial charge in [-0.2, -0.15) is 0 Å². The third-order valence-electron chi connectivity index (χ3n) is 3.96. The number of carbonyl (C=O) groups excluding carboxylic acids is 1. The molecule has 1 aliphatic rings. The summed E-state index contributed by atoms with van der Waals surface area (Å²) in [6.07, 6.45) is 3.90. The van der Waals surface area contributed by atoms with Crippen LogP contribution < -0.4 is 10.6 Å². The van der Waals surface area contributed by atoms with Crippen molar-refractivity contribution in [2.75, 3.05) is 19.6 Å². The highest BCUT2D eigenvalue weighted by Gasteiger charge is 2.15. The summed E-state index contributed by atoms with van der Waals surface area (Å²) in [5, 5.41) is 14.2. The maximum atomic E-state index is 12.0. The fraction of sp³-hybridized carbons (Fsp3) is 0.438. The summed E-state index contributed by atoms with van der Waals surface area (Å²) in [6.45, 7) is 3.46. The van der Waals surface area contributed by atoms with Gasteiger partial charge in [0.1, 0.15) is 0 Å². The molecule has 1 fully saturated rings. The number of nitrogens with zero attached hydrogens (tertiary/aromatic N) is 3. The van der Waals surface area contributed by atoms with Gasteiger partial charge in [0.25, 0.3) is 5.91 Å². The van der Waals surface area contributed by atoms with Crippen LogP contribution in [0.4, 0.5) is 0 Å². The quantitative estimate of drug-likeness (QED) is 0.838. The number of halogens is 1. The van der Waals surface area contributed by atoms with E-state index in [0.29, 0.717) is 24.7 Å². The zero-order valence-corrected chi connectivity index (χ0v) is 13.8. The fourth-order valence-electron chi connectivity index (χ4n) is 2.69. The molecule has 1 amide bonds. The molecule has 6 nitrogen and oxygen atoms in total. The fourth-order valence-corrected chi connectivity index (χ4v) is 2.69. The molecule has 0 radical (unpaired) electrons. The monoisotopic (exact) mass is 335 g/mol. The average molecular weight is 336 g/mol. The standard InChI is InChI=1S/C16H21N5O.ClH/c22-16(18-9-7-13-6-8-17-10-13)15-12-21(20-19-15)11-14-4-2-1-3-5-14;/h1-5,12-13,17H,6-11H2,(H,18,22);1H. The summed E-state index contributed by atoms with van der Waals surface area (Å²) in [5.74, 6) is 0.527. The average Bonchev–Trinajstić information content (AvgIpc) is 3.20. The molecule has 1 unspecified atom stereocenters. The molecule has 23 heavy (non-hydrogen) atoms. The molecule has 1 aromatic heterocycles. The van der Waals surface area contributed by atoms with Gasteiger partial charge in [-0.1, -0.05) is 35.5 Å². The van der Waals surface area contributed by atoms with E-state index in [9.17, 15) is 4.79 Å². The van der Waals surface area contributed by atoms with E-state index in [-0.39, 0.29) is 18.3 Å². The lowest BCUT2D eigenvalue weighted by molar-refractivity contribution is 0.0946. The van der Waals surface area contributed by atoms with Gasteiger partial charge in [-0.3, -0.25) is 4.79 Å². The number of aromatic nitrogens is 3. The van der Waals surface area contributed by atoms with Crippen molar-refractivity contribution in [2.45, 2.75) is 19.4 Å². The summed E-state index contributed by atoms with van der Waals surface area (Å²) in [7, 11) is 0. The highest BCUT2D eigenvalue weighted by Crippen LogP contribution is 2.10. The molecule has 0 spiro atoms. The van der Waals surface area contributed by atoms with E-state index in [0.717, 1.165) is 25.1 Å². The van der Waals surface area contributed by atoms with Gasteiger partial charge in [0, 0.05) is 6.54 Å². The Labute approximate surface area is 142 Å². The minimum absolute atomic E-state index is 0. The van der Waals surface area contributed by atoms with E-state index in [4.69, 9.17) is 0 Å². The number of amides is 1. The zero-order chi connectivity index (χ0) is 15.2. The second-order valence-electron chi connectivity index (χ2n) is 5.69. The zero-order valence-electron chi connectivity index (χ0n) is 12.9. The van der Waals surface area contributed by atoms with Crippen LogP contribution >= 0.6 is 12.4 Å². The molecular weight excluding hydrogens is 314 g/mol. The van der Waals surface area contributed by atoms with Crippen molar-refractivity contribution in [3.05, 3.63) is 47.8 Å². The van der Waals surface area contributed by atoms with Gasteiger partial charge >= 0.3 is 0 Å². The highest BCUT2D eigenvalue weighted by atomic mass is 35.5. The van der Waals surface area contributed by atoms with Crippen LogP contribution in [-0.4, -0.2) is 40.5 Å². The summed E-state index contributed by atoms with van der Waals surface area (Å²) in [4.78, 5) is 12.0. The van der Waals surface area contributed by atoms with Crippen molar-refractivity contribution in [2.24, 2.45) is 5.92 Å². The molecule has 124 valence electrons. The van der Waals surface area contributed by atoms with Crippen molar-refractivity contribution in [3.8, 4) is 0 Å². The van der Waals surface area contributed by atoms with Gasteiger partial charge in [0.05, 0.1) is 12.7 Å². The van der Waals surface area contributed by atoms with Crippen molar-refractivity contribution in [1.82, 2.24) is 25.6 Å². The van der Waals surface area contributed by atoms with Gasteiger partial charge in [-0.25, -0.2) is 4.68 Å². The first kappa shape index (κ1) is 17.4. The minimum Gasteiger partial charge on any atom is -0.351 e. The van der Waals surface area contributed by atoms with E-state index < -0.39 is 0 Å². The molecule has 1 aliphatic heterocycles. The lowest BCUT2D eigenvalue weighted by Gasteiger charge is -2.08. The van der Waals surface area contributed by atoms with Gasteiger partial charge in [-0.05, 0) is 37.4 Å². The Bertz CT molecular complexity index is 610. The van der Waals surface area contributed by atoms with E-state index in [1.54, 1.807) is 10.9 Å². The van der Waals surface area contributed by atoms with Crippen molar-refractivity contribution in [3.63, 3.8) is 0 Å². The molecule has 2 aromatic rings. The Kier molecular flexibility index (Phi) is 6.55. The molecule has 7 heteroatoms. The van der Waals surface area contributed by atoms with Gasteiger partial charge < -0.3 is 10.6 Å². The SMILES string of the molecule is Cl.O=C(NCCC1CCNC1)c1cn(Cc2ccccc2)nn1. The first-order chi connectivity index (χ1) is 10.8. The van der Waals surface area contributed by atoms with Crippen LogP contribution in [0.5, 0.6) is 0 Å². The first-order valence-corrected chi connectivity index (χ1v) is 7.74. The molecular formula is C16H22ClN5O. The normalized spacial score (nSPS) is 16.8. The topological polar surface area (TPSA) is 71.8 Å². The molecule has 2 N–H and O–H groups in total. The van der Waals surface area contributed by atoms with Crippen molar-refractivity contribution >= 4 is 18.3 Å². The maximum Gasteiger partial charge on any atom is 0.273 e. The van der Waals surface area contributed by atoms with E-state index in [1.807, 2.05) is 30.3 Å². The van der Waals surface area contributed by atoms with Crippen LogP contribution in [0.1, 0.15) is 28.9 Å². The molecule has 2 heterocycles. The summed E-state index contributed by atoms with van der Waals surface area (Å²) >= 11 is 0.